The fourth-order valence-electron chi connectivity index (χ4n) is 1.54. The van der Waals surface area contributed by atoms with Crippen LogP contribution in [0.5, 0.6) is 0 Å². The lowest BCUT2D eigenvalue weighted by Gasteiger charge is -2.22. The zero-order valence-electron chi connectivity index (χ0n) is 10.3. The van der Waals surface area contributed by atoms with Gasteiger partial charge in [0.25, 0.3) is 5.91 Å². The molecular weight excluding hydrogens is 238 g/mol. The number of hydrogen-bond acceptors (Lipinski definition) is 2. The minimum absolute atomic E-state index is 0.0842. The molecule has 0 radical (unpaired) electrons. The van der Waals surface area contributed by atoms with Crippen molar-refractivity contribution in [1.29, 1.82) is 5.26 Å². The summed E-state index contributed by atoms with van der Waals surface area (Å²) in [5.41, 5.74) is 0.0842. The molecule has 0 unspecified atom stereocenters. The molecule has 0 aliphatic rings. The third-order valence-electron chi connectivity index (χ3n) is 2.55. The molecule has 0 fully saturated rings. The van der Waals surface area contributed by atoms with Gasteiger partial charge in [0.15, 0.2) is 11.6 Å². The van der Waals surface area contributed by atoms with E-state index in [2.05, 4.69) is 0 Å². The third-order valence-corrected chi connectivity index (χ3v) is 2.55. The van der Waals surface area contributed by atoms with Crippen LogP contribution in [-0.2, 0) is 0 Å². The average Bonchev–Trinajstić information content (AvgIpc) is 2.38. The van der Waals surface area contributed by atoms with Gasteiger partial charge in [-0.15, -0.1) is 0 Å². The SMILES string of the molecule is CCN(C[C@H](C)C#N)C(=O)c1ccc(F)c(F)c1. The molecule has 1 aromatic carbocycles. The van der Waals surface area contributed by atoms with Crippen molar-refractivity contribution in [1.82, 2.24) is 4.90 Å². The van der Waals surface area contributed by atoms with Gasteiger partial charge < -0.3 is 4.90 Å². The summed E-state index contributed by atoms with van der Waals surface area (Å²) in [5.74, 6) is -2.75. The quantitative estimate of drug-likeness (QED) is 0.826. The Labute approximate surface area is 105 Å². The van der Waals surface area contributed by atoms with Gasteiger partial charge in [-0.2, -0.15) is 5.26 Å². The van der Waals surface area contributed by atoms with E-state index in [9.17, 15) is 13.6 Å². The van der Waals surface area contributed by atoms with E-state index in [0.29, 0.717) is 6.54 Å². The zero-order chi connectivity index (χ0) is 13.7. The Morgan fingerprint density at radius 2 is 2.11 bits per heavy atom. The maximum Gasteiger partial charge on any atom is 0.253 e. The highest BCUT2D eigenvalue weighted by atomic mass is 19.2. The van der Waals surface area contributed by atoms with Gasteiger partial charge in [0.1, 0.15) is 0 Å². The molecule has 3 nitrogen and oxygen atoms in total. The second kappa shape index (κ2) is 6.10. The first-order chi connectivity index (χ1) is 8.49. The number of hydrogen-bond donors (Lipinski definition) is 0. The molecule has 0 aromatic heterocycles. The molecule has 0 N–H and O–H groups in total. The lowest BCUT2D eigenvalue weighted by atomic mass is 10.1. The van der Waals surface area contributed by atoms with E-state index in [1.165, 1.54) is 11.0 Å². The first-order valence-corrected chi connectivity index (χ1v) is 5.63. The van der Waals surface area contributed by atoms with Crippen molar-refractivity contribution in [3.8, 4) is 6.07 Å². The molecule has 0 aliphatic heterocycles. The third kappa shape index (κ3) is 3.27. The Kier molecular flexibility index (Phi) is 4.78. The lowest BCUT2D eigenvalue weighted by Crippen LogP contribution is -2.34. The number of nitriles is 1. The van der Waals surface area contributed by atoms with Crippen molar-refractivity contribution in [3.05, 3.63) is 35.4 Å². The van der Waals surface area contributed by atoms with E-state index < -0.39 is 17.5 Å². The van der Waals surface area contributed by atoms with Gasteiger partial charge in [0, 0.05) is 18.7 Å². The van der Waals surface area contributed by atoms with Crippen LogP contribution in [-0.4, -0.2) is 23.9 Å². The van der Waals surface area contributed by atoms with E-state index >= 15 is 0 Å². The predicted octanol–water partition coefficient (Wildman–Crippen LogP) is 2.59. The molecule has 0 aliphatic carbocycles. The van der Waals surface area contributed by atoms with Crippen molar-refractivity contribution in [2.45, 2.75) is 13.8 Å². The van der Waals surface area contributed by atoms with Gasteiger partial charge in [-0.05, 0) is 32.0 Å². The molecule has 0 bridgehead atoms. The van der Waals surface area contributed by atoms with Crippen LogP contribution < -0.4 is 0 Å². The molecular formula is C13H14F2N2O. The number of carbonyl (C=O) groups excluding carboxylic acids is 1. The molecule has 0 saturated heterocycles. The molecule has 96 valence electrons. The van der Waals surface area contributed by atoms with Crippen molar-refractivity contribution < 1.29 is 13.6 Å². The monoisotopic (exact) mass is 252 g/mol. The van der Waals surface area contributed by atoms with Crippen LogP contribution in [0.15, 0.2) is 18.2 Å². The minimum Gasteiger partial charge on any atom is -0.338 e. The van der Waals surface area contributed by atoms with Crippen LogP contribution in [0, 0.1) is 28.9 Å². The van der Waals surface area contributed by atoms with Crippen molar-refractivity contribution in [2.24, 2.45) is 5.92 Å². The molecule has 0 saturated carbocycles. The first-order valence-electron chi connectivity index (χ1n) is 5.63. The van der Waals surface area contributed by atoms with E-state index in [-0.39, 0.29) is 18.0 Å². The minimum atomic E-state index is -1.05. The Bertz CT molecular complexity index is 482. The number of amides is 1. The molecule has 0 heterocycles. The molecule has 5 heteroatoms. The molecule has 1 amide bonds. The summed E-state index contributed by atoms with van der Waals surface area (Å²) in [4.78, 5) is 13.4. The van der Waals surface area contributed by atoms with Crippen LogP contribution in [0.2, 0.25) is 0 Å². The topological polar surface area (TPSA) is 44.1 Å². The maximum absolute atomic E-state index is 13.0. The van der Waals surface area contributed by atoms with Crippen LogP contribution in [0.4, 0.5) is 8.78 Å². The summed E-state index contributed by atoms with van der Waals surface area (Å²) in [5, 5.41) is 8.71. The van der Waals surface area contributed by atoms with Crippen LogP contribution in [0.25, 0.3) is 0 Å². The van der Waals surface area contributed by atoms with E-state index in [4.69, 9.17) is 5.26 Å². The van der Waals surface area contributed by atoms with Gasteiger partial charge in [-0.3, -0.25) is 4.79 Å². The van der Waals surface area contributed by atoms with E-state index in [1.807, 2.05) is 6.07 Å². The summed E-state index contributed by atoms with van der Waals surface area (Å²) in [7, 11) is 0. The average molecular weight is 252 g/mol. The number of rotatable bonds is 4. The number of nitrogens with zero attached hydrogens (tertiary/aromatic N) is 2. The fraction of sp³-hybridized carbons (Fsp3) is 0.385. The van der Waals surface area contributed by atoms with Gasteiger partial charge >= 0.3 is 0 Å². The van der Waals surface area contributed by atoms with Crippen molar-refractivity contribution in [2.75, 3.05) is 13.1 Å². The smallest absolute Gasteiger partial charge is 0.253 e. The van der Waals surface area contributed by atoms with Crippen LogP contribution in [0.1, 0.15) is 24.2 Å². The Morgan fingerprint density at radius 1 is 1.44 bits per heavy atom. The summed E-state index contributed by atoms with van der Waals surface area (Å²) in [6.45, 7) is 4.14. The molecule has 18 heavy (non-hydrogen) atoms. The normalized spacial score (nSPS) is 11.7. The number of benzene rings is 1. The second-order valence-electron chi connectivity index (χ2n) is 4.00. The van der Waals surface area contributed by atoms with Crippen LogP contribution >= 0.6 is 0 Å². The lowest BCUT2D eigenvalue weighted by molar-refractivity contribution is 0.0752. The molecule has 1 rings (SSSR count). The standard InChI is InChI=1S/C13H14F2N2O/c1-3-17(8-9(2)7-16)13(18)10-4-5-11(14)12(15)6-10/h4-6,9H,3,8H2,1-2H3/t9-/m1/s1. The first kappa shape index (κ1) is 14.1. The molecule has 0 spiro atoms. The van der Waals surface area contributed by atoms with E-state index in [1.54, 1.807) is 13.8 Å². The van der Waals surface area contributed by atoms with Gasteiger partial charge in [-0.25, -0.2) is 8.78 Å². The Morgan fingerprint density at radius 3 is 2.61 bits per heavy atom. The zero-order valence-corrected chi connectivity index (χ0v) is 10.3. The molecule has 1 aromatic rings. The van der Waals surface area contributed by atoms with E-state index in [0.717, 1.165) is 12.1 Å². The molecule has 1 atom stereocenters. The fourth-order valence-corrected chi connectivity index (χ4v) is 1.54. The largest absolute Gasteiger partial charge is 0.338 e. The van der Waals surface area contributed by atoms with Crippen LogP contribution in [0.3, 0.4) is 0 Å². The highest BCUT2D eigenvalue weighted by Gasteiger charge is 2.17. The van der Waals surface area contributed by atoms with Gasteiger partial charge in [0.05, 0.1) is 12.0 Å². The predicted molar refractivity (Wildman–Crippen MR) is 62.7 cm³/mol. The van der Waals surface area contributed by atoms with Gasteiger partial charge in [0.2, 0.25) is 0 Å². The van der Waals surface area contributed by atoms with Gasteiger partial charge in [-0.1, -0.05) is 0 Å². The number of halogens is 2. The summed E-state index contributed by atoms with van der Waals surface area (Å²) in [6, 6.07) is 5.06. The highest BCUT2D eigenvalue weighted by Crippen LogP contribution is 2.12. The summed E-state index contributed by atoms with van der Waals surface area (Å²) in [6.07, 6.45) is 0. The van der Waals surface area contributed by atoms with Crippen molar-refractivity contribution in [3.63, 3.8) is 0 Å². The highest BCUT2D eigenvalue weighted by molar-refractivity contribution is 5.94. The summed E-state index contributed by atoms with van der Waals surface area (Å²) >= 11 is 0. The summed E-state index contributed by atoms with van der Waals surface area (Å²) < 4.78 is 25.8. The number of carbonyl (C=O) groups is 1. The second-order valence-corrected chi connectivity index (χ2v) is 4.00. The Hall–Kier alpha value is -1.96. The maximum atomic E-state index is 13.0. The Balaban J connectivity index is 2.90. The van der Waals surface area contributed by atoms with Crippen molar-refractivity contribution >= 4 is 5.91 Å².